The molecule has 0 fully saturated rings. The lowest BCUT2D eigenvalue weighted by atomic mass is 10.3. The van der Waals surface area contributed by atoms with Crippen LogP contribution >= 0.6 is 23.2 Å². The summed E-state index contributed by atoms with van der Waals surface area (Å²) in [7, 11) is 0. The van der Waals surface area contributed by atoms with Gasteiger partial charge in [-0.1, -0.05) is 23.2 Å². The second kappa shape index (κ2) is 4.91. The van der Waals surface area contributed by atoms with Crippen LogP contribution in [-0.2, 0) is 6.61 Å². The molecule has 0 amide bonds. The van der Waals surface area contributed by atoms with E-state index >= 15 is 0 Å². The van der Waals surface area contributed by atoms with E-state index in [-0.39, 0.29) is 6.61 Å². The summed E-state index contributed by atoms with van der Waals surface area (Å²) in [5, 5.41) is 17.7. The van der Waals surface area contributed by atoms with Crippen LogP contribution in [0.3, 0.4) is 0 Å². The highest BCUT2D eigenvalue weighted by atomic mass is 35.5. The first-order valence-electron chi connectivity index (χ1n) is 4.86. The lowest BCUT2D eigenvalue weighted by Gasteiger charge is -2.09. The van der Waals surface area contributed by atoms with Crippen molar-refractivity contribution < 1.29 is 5.11 Å². The Labute approximate surface area is 108 Å². The molecule has 1 heterocycles. The van der Waals surface area contributed by atoms with Gasteiger partial charge in [0, 0.05) is 5.02 Å². The zero-order valence-electron chi connectivity index (χ0n) is 8.98. The fourth-order valence-electron chi connectivity index (χ4n) is 1.31. The first-order valence-corrected chi connectivity index (χ1v) is 5.61. The topological polar surface area (TPSA) is 63.0 Å². The maximum absolute atomic E-state index is 9.01. The van der Waals surface area contributed by atoms with E-state index in [0.29, 0.717) is 27.1 Å². The molecule has 7 heteroatoms. The molecule has 0 unspecified atom stereocenters. The second-order valence-corrected chi connectivity index (χ2v) is 4.27. The molecular formula is C10H10Cl2N4O. The molecule has 0 bridgehead atoms. The highest BCUT2D eigenvalue weighted by Crippen LogP contribution is 2.25. The van der Waals surface area contributed by atoms with Crippen LogP contribution in [0.4, 0.5) is 5.69 Å². The first-order chi connectivity index (χ1) is 8.11. The molecule has 0 atom stereocenters. The first kappa shape index (κ1) is 12.2. The van der Waals surface area contributed by atoms with Crippen LogP contribution in [0.25, 0.3) is 0 Å². The minimum atomic E-state index is -0.156. The molecule has 90 valence electrons. The Morgan fingerprint density at radius 3 is 2.82 bits per heavy atom. The average Bonchev–Trinajstić information content (AvgIpc) is 2.65. The van der Waals surface area contributed by atoms with Gasteiger partial charge in [0.25, 0.3) is 0 Å². The monoisotopic (exact) mass is 272 g/mol. The quantitative estimate of drug-likeness (QED) is 0.900. The number of nitrogens with one attached hydrogen (secondary N) is 1. The van der Waals surface area contributed by atoms with Crippen molar-refractivity contribution in [3.63, 3.8) is 0 Å². The van der Waals surface area contributed by atoms with E-state index in [1.165, 1.54) is 4.79 Å². The molecule has 0 spiro atoms. The SMILES string of the molecule is Cc1c(CO)nnn1Nc1cc(Cl)ccc1Cl. The number of anilines is 1. The van der Waals surface area contributed by atoms with Crippen LogP contribution in [0.1, 0.15) is 11.4 Å². The number of nitrogens with zero attached hydrogens (tertiary/aromatic N) is 3. The van der Waals surface area contributed by atoms with Gasteiger partial charge in [0.15, 0.2) is 0 Å². The van der Waals surface area contributed by atoms with Gasteiger partial charge in [-0.2, -0.15) is 4.79 Å². The number of aliphatic hydroxyl groups is 1. The Morgan fingerprint density at radius 2 is 2.18 bits per heavy atom. The van der Waals surface area contributed by atoms with E-state index in [9.17, 15) is 0 Å². The summed E-state index contributed by atoms with van der Waals surface area (Å²) in [4.78, 5) is 1.43. The molecule has 0 aliphatic rings. The van der Waals surface area contributed by atoms with Crippen LogP contribution in [0.15, 0.2) is 18.2 Å². The number of benzene rings is 1. The van der Waals surface area contributed by atoms with Crippen LogP contribution in [0, 0.1) is 6.92 Å². The highest BCUT2D eigenvalue weighted by Gasteiger charge is 2.09. The number of hydrogen-bond acceptors (Lipinski definition) is 4. The van der Waals surface area contributed by atoms with Crippen molar-refractivity contribution >= 4 is 28.9 Å². The van der Waals surface area contributed by atoms with Crippen molar-refractivity contribution in [3.05, 3.63) is 39.6 Å². The maximum atomic E-state index is 9.01. The van der Waals surface area contributed by atoms with E-state index in [4.69, 9.17) is 28.3 Å². The van der Waals surface area contributed by atoms with Gasteiger partial charge < -0.3 is 5.11 Å². The third-order valence-corrected chi connectivity index (χ3v) is 2.86. The molecule has 0 aliphatic heterocycles. The molecule has 1 aromatic carbocycles. The molecule has 2 rings (SSSR count). The van der Waals surface area contributed by atoms with E-state index in [1.807, 2.05) is 0 Å². The van der Waals surface area contributed by atoms with Gasteiger partial charge in [-0.15, -0.1) is 5.10 Å². The Kier molecular flexibility index (Phi) is 3.51. The van der Waals surface area contributed by atoms with Gasteiger partial charge in [-0.05, 0) is 30.3 Å². The fraction of sp³-hybridized carbons (Fsp3) is 0.200. The second-order valence-electron chi connectivity index (χ2n) is 3.43. The minimum Gasteiger partial charge on any atom is -0.390 e. The van der Waals surface area contributed by atoms with Crippen molar-refractivity contribution in [3.8, 4) is 0 Å². The van der Waals surface area contributed by atoms with Crippen LogP contribution in [-0.4, -0.2) is 20.2 Å². The molecule has 2 N–H and O–H groups in total. The molecule has 0 radical (unpaired) electrons. The summed E-state index contributed by atoms with van der Waals surface area (Å²) in [5.41, 5.74) is 4.79. The Morgan fingerprint density at radius 1 is 1.41 bits per heavy atom. The summed E-state index contributed by atoms with van der Waals surface area (Å²) in [6.45, 7) is 1.63. The third kappa shape index (κ3) is 2.52. The largest absolute Gasteiger partial charge is 0.390 e. The highest BCUT2D eigenvalue weighted by molar-refractivity contribution is 6.35. The fourth-order valence-corrected chi connectivity index (χ4v) is 1.64. The smallest absolute Gasteiger partial charge is 0.113 e. The summed E-state index contributed by atoms with van der Waals surface area (Å²) < 4.78 is 0. The third-order valence-electron chi connectivity index (χ3n) is 2.29. The lowest BCUT2D eigenvalue weighted by Crippen LogP contribution is -2.13. The van der Waals surface area contributed by atoms with Gasteiger partial charge in [0.1, 0.15) is 5.69 Å². The van der Waals surface area contributed by atoms with Crippen LogP contribution < -0.4 is 5.43 Å². The van der Waals surface area contributed by atoms with Crippen LogP contribution in [0.2, 0.25) is 10.0 Å². The zero-order chi connectivity index (χ0) is 12.4. The van der Waals surface area contributed by atoms with Crippen molar-refractivity contribution in [1.29, 1.82) is 0 Å². The van der Waals surface area contributed by atoms with Crippen molar-refractivity contribution in [2.75, 3.05) is 5.43 Å². The summed E-state index contributed by atoms with van der Waals surface area (Å²) in [5.74, 6) is 0. The number of hydrogen-bond donors (Lipinski definition) is 2. The Bertz CT molecular complexity index is 541. The lowest BCUT2D eigenvalue weighted by molar-refractivity contribution is 0.276. The zero-order valence-corrected chi connectivity index (χ0v) is 10.5. The molecular weight excluding hydrogens is 263 g/mol. The van der Waals surface area contributed by atoms with Crippen molar-refractivity contribution in [1.82, 2.24) is 15.1 Å². The predicted molar refractivity (Wildman–Crippen MR) is 66.2 cm³/mol. The number of aliphatic hydroxyl groups excluding tert-OH is 1. The predicted octanol–water partition coefficient (Wildman–Crippen LogP) is 2.26. The van der Waals surface area contributed by atoms with Crippen LogP contribution in [0.5, 0.6) is 0 Å². The average molecular weight is 273 g/mol. The molecule has 0 saturated carbocycles. The number of aromatic nitrogens is 3. The molecule has 5 nitrogen and oxygen atoms in total. The maximum Gasteiger partial charge on any atom is 0.113 e. The minimum absolute atomic E-state index is 0.156. The molecule has 2 aromatic rings. The summed E-state index contributed by atoms with van der Waals surface area (Å²) in [6.07, 6.45) is 0. The van der Waals surface area contributed by atoms with Gasteiger partial charge in [-0.3, -0.25) is 5.43 Å². The van der Waals surface area contributed by atoms with Gasteiger partial charge in [0.2, 0.25) is 0 Å². The molecule has 0 saturated heterocycles. The van der Waals surface area contributed by atoms with Gasteiger partial charge in [-0.25, -0.2) is 0 Å². The summed E-state index contributed by atoms with van der Waals surface area (Å²) >= 11 is 11.9. The Hall–Kier alpha value is -1.30. The van der Waals surface area contributed by atoms with Crippen molar-refractivity contribution in [2.24, 2.45) is 0 Å². The number of halogens is 2. The van der Waals surface area contributed by atoms with E-state index in [2.05, 4.69) is 15.7 Å². The standard InChI is InChI=1S/C10H10Cl2N4O/c1-6-10(5-17)13-15-16(6)14-9-4-7(11)2-3-8(9)12/h2-4,14,17H,5H2,1H3. The molecule has 0 aliphatic carbocycles. The molecule has 1 aromatic heterocycles. The van der Waals surface area contributed by atoms with Crippen molar-refractivity contribution in [2.45, 2.75) is 13.5 Å². The van der Waals surface area contributed by atoms with Gasteiger partial charge >= 0.3 is 0 Å². The number of rotatable bonds is 3. The Balaban J connectivity index is 2.31. The molecule has 17 heavy (non-hydrogen) atoms. The summed E-state index contributed by atoms with van der Waals surface area (Å²) in [6, 6.07) is 5.07. The van der Waals surface area contributed by atoms with E-state index < -0.39 is 0 Å². The van der Waals surface area contributed by atoms with Gasteiger partial charge in [0.05, 0.1) is 23.0 Å². The normalized spacial score (nSPS) is 10.6. The van der Waals surface area contributed by atoms with E-state index in [1.54, 1.807) is 25.1 Å². The van der Waals surface area contributed by atoms with E-state index in [0.717, 1.165) is 0 Å².